The normalized spacial score (nSPS) is 11.7. The second kappa shape index (κ2) is 12.4. The van der Waals surface area contributed by atoms with Crippen molar-refractivity contribution in [2.75, 3.05) is 0 Å². The summed E-state index contributed by atoms with van der Waals surface area (Å²) >= 11 is 0. The molecule has 10 aromatic rings. The van der Waals surface area contributed by atoms with Gasteiger partial charge in [-0.3, -0.25) is 0 Å². The second-order valence-electron chi connectivity index (χ2n) is 14.5. The summed E-state index contributed by atoms with van der Waals surface area (Å²) in [4.78, 5) is 15.4. The van der Waals surface area contributed by atoms with E-state index in [-0.39, 0.29) is 0 Å². The maximum absolute atomic E-state index is 5.20. The predicted octanol–water partition coefficient (Wildman–Crippen LogP) is 12.3. The highest BCUT2D eigenvalue weighted by molar-refractivity contribution is 6.11. The van der Waals surface area contributed by atoms with Crippen molar-refractivity contribution >= 4 is 43.6 Å². The van der Waals surface area contributed by atoms with Gasteiger partial charge in [0.05, 0.1) is 22.1 Å². The highest BCUT2D eigenvalue weighted by Crippen LogP contribution is 2.39. The number of benzene rings is 7. The van der Waals surface area contributed by atoms with Crippen LogP contribution in [0.25, 0.3) is 89.2 Å². The molecule has 5 heteroatoms. The van der Waals surface area contributed by atoms with Crippen LogP contribution in [0.2, 0.25) is 0 Å². The molecule has 0 radical (unpaired) electrons. The Hall–Kier alpha value is -6.85. The largest absolute Gasteiger partial charge is 0.309 e. The number of hydrogen-bond acceptors (Lipinski definition) is 3. The molecule has 0 unspecified atom stereocenters. The summed E-state index contributed by atoms with van der Waals surface area (Å²) in [5, 5.41) is 4.95. The van der Waals surface area contributed by atoms with Gasteiger partial charge in [0.2, 0.25) is 0 Å². The van der Waals surface area contributed by atoms with Gasteiger partial charge in [0.1, 0.15) is 0 Å². The molecule has 0 aliphatic heterocycles. The van der Waals surface area contributed by atoms with E-state index in [0.717, 1.165) is 50.1 Å². The Labute approximate surface area is 313 Å². The molecule has 10 rings (SSSR count). The molecule has 0 amide bonds. The van der Waals surface area contributed by atoms with Gasteiger partial charge in [-0.05, 0) is 94.4 Å². The smallest absolute Gasteiger partial charge is 0.164 e. The molecule has 3 heterocycles. The van der Waals surface area contributed by atoms with E-state index in [4.69, 9.17) is 15.0 Å². The van der Waals surface area contributed by atoms with Crippen LogP contribution in [0.15, 0.2) is 152 Å². The number of nitrogens with zero attached hydrogens (tertiary/aromatic N) is 5. The molecule has 0 bridgehead atoms. The minimum absolute atomic E-state index is 0.616. The van der Waals surface area contributed by atoms with Crippen LogP contribution in [-0.2, 0) is 0 Å². The predicted molar refractivity (Wildman–Crippen MR) is 224 cm³/mol. The highest BCUT2D eigenvalue weighted by atomic mass is 15.0. The van der Waals surface area contributed by atoms with Gasteiger partial charge >= 0.3 is 0 Å². The van der Waals surface area contributed by atoms with Crippen molar-refractivity contribution in [2.45, 2.75) is 27.7 Å². The summed E-state index contributed by atoms with van der Waals surface area (Å²) in [6.45, 7) is 8.66. The monoisotopic (exact) mass is 695 g/mol. The molecule has 54 heavy (non-hydrogen) atoms. The van der Waals surface area contributed by atoms with Crippen LogP contribution in [0, 0.1) is 27.7 Å². The fourth-order valence-corrected chi connectivity index (χ4v) is 7.98. The molecule has 258 valence electrons. The van der Waals surface area contributed by atoms with Crippen LogP contribution in [0.5, 0.6) is 0 Å². The molecule has 5 nitrogen and oxygen atoms in total. The molecule has 0 saturated carbocycles. The van der Waals surface area contributed by atoms with Crippen LogP contribution >= 0.6 is 0 Å². The number of fused-ring (bicyclic) bond motifs is 6. The first-order valence-electron chi connectivity index (χ1n) is 18.4. The average Bonchev–Trinajstić information content (AvgIpc) is 3.69. The summed E-state index contributed by atoms with van der Waals surface area (Å²) < 4.78 is 4.80. The molecular formula is C49H37N5. The maximum atomic E-state index is 5.20. The Morgan fingerprint density at radius 1 is 0.315 bits per heavy atom. The van der Waals surface area contributed by atoms with E-state index in [2.05, 4.69) is 152 Å². The van der Waals surface area contributed by atoms with E-state index in [1.54, 1.807) is 0 Å². The van der Waals surface area contributed by atoms with Crippen molar-refractivity contribution in [3.63, 3.8) is 0 Å². The zero-order chi connectivity index (χ0) is 36.5. The van der Waals surface area contributed by atoms with Crippen molar-refractivity contribution in [2.24, 2.45) is 0 Å². The zero-order valence-electron chi connectivity index (χ0n) is 30.7. The summed E-state index contributed by atoms with van der Waals surface area (Å²) in [5.74, 6) is 1.89. The van der Waals surface area contributed by atoms with Crippen LogP contribution in [0.3, 0.4) is 0 Å². The Bertz CT molecular complexity index is 2760. The number of aryl methyl sites for hydroxylation is 4. The van der Waals surface area contributed by atoms with Crippen LogP contribution in [-0.4, -0.2) is 24.1 Å². The summed E-state index contributed by atoms with van der Waals surface area (Å²) in [5.41, 5.74) is 14.4. The van der Waals surface area contributed by atoms with Crippen LogP contribution in [0.1, 0.15) is 22.3 Å². The Morgan fingerprint density at radius 2 is 0.630 bits per heavy atom. The summed E-state index contributed by atoms with van der Waals surface area (Å²) in [6.07, 6.45) is 0. The van der Waals surface area contributed by atoms with E-state index < -0.39 is 0 Å². The van der Waals surface area contributed by atoms with Crippen LogP contribution in [0.4, 0.5) is 0 Å². The summed E-state index contributed by atoms with van der Waals surface area (Å²) in [6, 6.07) is 54.2. The van der Waals surface area contributed by atoms with E-state index in [0.29, 0.717) is 17.5 Å². The zero-order valence-corrected chi connectivity index (χ0v) is 30.7. The lowest BCUT2D eigenvalue weighted by molar-refractivity contribution is 1.07. The molecule has 7 aromatic carbocycles. The van der Waals surface area contributed by atoms with Crippen molar-refractivity contribution in [3.8, 4) is 45.5 Å². The minimum atomic E-state index is 0.616. The Balaban J connectivity index is 1.32. The van der Waals surface area contributed by atoms with Gasteiger partial charge in [-0.15, -0.1) is 0 Å². The number of rotatable bonds is 5. The molecule has 3 aromatic heterocycles. The lowest BCUT2D eigenvalue weighted by Gasteiger charge is -2.16. The molecule has 0 atom stereocenters. The number of aromatic nitrogens is 5. The van der Waals surface area contributed by atoms with Gasteiger partial charge in [-0.1, -0.05) is 107 Å². The van der Waals surface area contributed by atoms with Crippen molar-refractivity contribution in [1.29, 1.82) is 0 Å². The molecule has 0 saturated heterocycles. The van der Waals surface area contributed by atoms with Gasteiger partial charge in [0.25, 0.3) is 0 Å². The molecule has 0 aliphatic carbocycles. The average molecular weight is 696 g/mol. The van der Waals surface area contributed by atoms with E-state index >= 15 is 0 Å². The van der Waals surface area contributed by atoms with E-state index in [1.807, 2.05) is 36.4 Å². The first kappa shape index (κ1) is 31.9. The molecule has 0 fully saturated rings. The molecule has 0 N–H and O–H groups in total. The quantitative estimate of drug-likeness (QED) is 0.180. The molecule has 0 aliphatic rings. The topological polar surface area (TPSA) is 48.5 Å². The van der Waals surface area contributed by atoms with Crippen molar-refractivity contribution in [3.05, 3.63) is 174 Å². The van der Waals surface area contributed by atoms with Gasteiger partial charge < -0.3 is 9.13 Å². The van der Waals surface area contributed by atoms with Crippen LogP contribution < -0.4 is 0 Å². The lowest BCUT2D eigenvalue weighted by Crippen LogP contribution is -2.03. The third-order valence-corrected chi connectivity index (χ3v) is 10.5. The maximum Gasteiger partial charge on any atom is 0.164 e. The van der Waals surface area contributed by atoms with E-state index in [9.17, 15) is 0 Å². The third kappa shape index (κ3) is 5.28. The van der Waals surface area contributed by atoms with Gasteiger partial charge in [-0.25, -0.2) is 15.0 Å². The highest BCUT2D eigenvalue weighted by Gasteiger charge is 2.20. The minimum Gasteiger partial charge on any atom is -0.309 e. The third-order valence-electron chi connectivity index (χ3n) is 10.5. The van der Waals surface area contributed by atoms with Gasteiger partial charge in [0, 0.05) is 49.6 Å². The Kier molecular flexibility index (Phi) is 7.31. The fraction of sp³-hybridized carbons (Fsp3) is 0.0816. The fourth-order valence-electron chi connectivity index (χ4n) is 7.98. The molecular weight excluding hydrogens is 659 g/mol. The van der Waals surface area contributed by atoms with Gasteiger partial charge in [-0.2, -0.15) is 0 Å². The van der Waals surface area contributed by atoms with E-state index in [1.165, 1.54) is 43.8 Å². The van der Waals surface area contributed by atoms with Gasteiger partial charge in [0.15, 0.2) is 17.5 Å². The second-order valence-corrected chi connectivity index (χ2v) is 14.5. The van der Waals surface area contributed by atoms with Crippen molar-refractivity contribution in [1.82, 2.24) is 24.1 Å². The SMILES string of the molecule is Cc1ccc2c(c1)c1cc(C)ccc1n2-c1cc(-c2nc(-c3ccccc3)nc(-c3ccccc3)n2)cc(-n2c3ccc(C)cc3c3cc(C)ccc32)c1. The first-order valence-corrected chi connectivity index (χ1v) is 18.4. The van der Waals surface area contributed by atoms with Crippen molar-refractivity contribution < 1.29 is 0 Å². The summed E-state index contributed by atoms with van der Waals surface area (Å²) in [7, 11) is 0. The standard InChI is InChI=1S/C49H37N5/c1-30-15-19-43-39(23-30)40-24-31(2)16-20-44(40)53(43)37-27-36(49-51-47(34-11-7-5-8-12-34)50-48(52-49)35-13-9-6-10-14-35)28-38(29-37)54-45-21-17-32(3)25-41(45)42-26-33(4)18-22-46(42)54/h5-29H,1-4H3. The lowest BCUT2D eigenvalue weighted by atomic mass is 10.1. The molecule has 0 spiro atoms. The Morgan fingerprint density at radius 3 is 0.963 bits per heavy atom. The number of hydrogen-bond donors (Lipinski definition) is 0. The first-order chi connectivity index (χ1) is 26.4.